The Hall–Kier alpha value is -5.28. The van der Waals surface area contributed by atoms with E-state index in [0.29, 0.717) is 41.8 Å². The summed E-state index contributed by atoms with van der Waals surface area (Å²) in [6.07, 6.45) is 21.8. The number of ether oxygens (including phenoxy) is 6. The molecule has 0 aliphatic carbocycles. The fraction of sp³-hybridized carbons (Fsp3) is 0.521. The minimum Gasteiger partial charge on any atom is -0.494 e. The van der Waals surface area contributed by atoms with Crippen LogP contribution in [-0.4, -0.2) is 87.5 Å². The summed E-state index contributed by atoms with van der Waals surface area (Å²) < 4.78 is 60.7. The zero-order valence-electron chi connectivity index (χ0n) is 57.7. The predicted molar refractivity (Wildman–Crippen MR) is 381 cm³/mol. The molecule has 0 amide bonds. The number of esters is 4. The van der Waals surface area contributed by atoms with Gasteiger partial charge in [0.1, 0.15) is 34.5 Å². The van der Waals surface area contributed by atoms with Crippen LogP contribution in [0, 0.1) is 6.92 Å². The third-order valence-corrected chi connectivity index (χ3v) is 35.3. The number of benzene rings is 5. The lowest BCUT2D eigenvalue weighted by atomic mass is 10.1. The molecule has 14 nitrogen and oxygen atoms in total. The maximum absolute atomic E-state index is 13.3. The van der Waals surface area contributed by atoms with Gasteiger partial charge < -0.3 is 44.9 Å². The van der Waals surface area contributed by atoms with Crippen LogP contribution in [-0.2, 0) is 16.5 Å². The maximum Gasteiger partial charge on any atom is 0.343 e. The first-order valence-electron chi connectivity index (χ1n) is 33.3. The number of unbranched alkanes of at least 4 members (excludes halogenated alkanes) is 16. The van der Waals surface area contributed by atoms with E-state index in [1.54, 1.807) is 73.7 Å². The lowest BCUT2D eigenvalue weighted by molar-refractivity contribution is 0.0712. The molecule has 5 aromatic carbocycles. The second-order valence-corrected chi connectivity index (χ2v) is 53.4. The number of rotatable bonds is 42. The first-order valence-corrected chi connectivity index (χ1v) is 52.0. The highest BCUT2D eigenvalue weighted by molar-refractivity contribution is 6.88. The molecule has 5 aromatic rings. The van der Waals surface area contributed by atoms with Gasteiger partial charge in [0.25, 0.3) is 0 Å². The number of hydrogen-bond donors (Lipinski definition) is 0. The molecule has 0 saturated carbocycles. The molecular weight excluding hydrogens is 1250 g/mol. The molecule has 0 atom stereocenters. The van der Waals surface area contributed by atoms with Crippen molar-refractivity contribution in [3.63, 3.8) is 0 Å². The molecule has 0 bridgehead atoms. The van der Waals surface area contributed by atoms with E-state index in [2.05, 4.69) is 91.7 Å². The standard InChI is InChI=1S/C71H108O14Si6/c1-57-66(80-70(74)60-41-37-58(38-42-60)68(72)78-64-49-45-62(46-50-64)76-53-30-26-22-18-16-20-24-28-32-55-88(8,9)84-90(12,13)82-86(2,3)4)35-34-36-67(57)81-71(75)61-43-39-59(40-44-61)69(73)79-65-51-47-63(48-52-65)77-54-31-27-23-19-17-21-25-29-33-56-89(10,11)85-91(14,15)83-87(5,6)7/h34-52H,16-33,53-56H2,1-15H3. The third-order valence-electron chi connectivity index (χ3n) is 15.0. The van der Waals surface area contributed by atoms with Gasteiger partial charge >= 0.3 is 41.0 Å². The molecule has 0 spiro atoms. The number of carbonyl (C=O) groups is 4. The second kappa shape index (κ2) is 37.0. The lowest BCUT2D eigenvalue weighted by Crippen LogP contribution is -2.51. The van der Waals surface area contributed by atoms with Crippen LogP contribution >= 0.6 is 0 Å². The van der Waals surface area contributed by atoms with Crippen LogP contribution in [0.3, 0.4) is 0 Å². The number of carbonyl (C=O) groups excluding carboxylic acids is 4. The highest BCUT2D eigenvalue weighted by atomic mass is 28.5. The molecule has 0 unspecified atom stereocenters. The van der Waals surface area contributed by atoms with E-state index >= 15 is 0 Å². The average molecular weight is 1350 g/mol. The Morgan fingerprint density at radius 3 is 0.835 bits per heavy atom. The molecule has 500 valence electrons. The first kappa shape index (κ1) is 76.4. The molecule has 0 saturated heterocycles. The highest BCUT2D eigenvalue weighted by Crippen LogP contribution is 2.31. The van der Waals surface area contributed by atoms with Crippen molar-refractivity contribution >= 4 is 74.3 Å². The Kier molecular flexibility index (Phi) is 31.1. The fourth-order valence-corrected chi connectivity index (χ4v) is 37.8. The van der Waals surface area contributed by atoms with Gasteiger partial charge in [-0.15, -0.1) is 0 Å². The van der Waals surface area contributed by atoms with Crippen molar-refractivity contribution in [1.29, 1.82) is 0 Å². The summed E-state index contributed by atoms with van der Waals surface area (Å²) in [6.45, 7) is 34.6. The molecule has 0 fully saturated rings. The highest BCUT2D eigenvalue weighted by Gasteiger charge is 2.39. The van der Waals surface area contributed by atoms with E-state index in [9.17, 15) is 19.2 Å². The van der Waals surface area contributed by atoms with E-state index in [1.165, 1.54) is 151 Å². The first-order chi connectivity index (χ1) is 42.9. The van der Waals surface area contributed by atoms with Crippen LogP contribution in [0.5, 0.6) is 34.5 Å². The van der Waals surface area contributed by atoms with Gasteiger partial charge in [0, 0.05) is 5.56 Å². The average Bonchev–Trinajstić information content (AvgIpc) is 1.68. The van der Waals surface area contributed by atoms with Crippen LogP contribution < -0.4 is 28.4 Å². The van der Waals surface area contributed by atoms with Crippen molar-refractivity contribution in [3.05, 3.63) is 143 Å². The van der Waals surface area contributed by atoms with Crippen molar-refractivity contribution in [2.24, 2.45) is 0 Å². The summed E-state index contributed by atoms with van der Waals surface area (Å²) in [6, 6.07) is 33.0. The Bertz CT molecular complexity index is 2810. The summed E-state index contributed by atoms with van der Waals surface area (Å²) in [7, 11) is -10.8. The Balaban J connectivity index is 0.915. The minimum absolute atomic E-state index is 0.185. The molecule has 0 aliphatic rings. The monoisotopic (exact) mass is 1350 g/mol. The molecule has 0 heterocycles. The molecule has 20 heteroatoms. The van der Waals surface area contributed by atoms with Gasteiger partial charge in [-0.2, -0.15) is 0 Å². The third kappa shape index (κ3) is 31.0. The van der Waals surface area contributed by atoms with E-state index < -0.39 is 74.3 Å². The molecule has 0 aliphatic heterocycles. The number of hydrogen-bond acceptors (Lipinski definition) is 14. The van der Waals surface area contributed by atoms with Crippen molar-refractivity contribution in [1.82, 2.24) is 0 Å². The Morgan fingerprint density at radius 2 is 0.549 bits per heavy atom. The van der Waals surface area contributed by atoms with Gasteiger partial charge in [-0.05, 0) is 233 Å². The van der Waals surface area contributed by atoms with Crippen LogP contribution in [0.2, 0.25) is 104 Å². The van der Waals surface area contributed by atoms with Gasteiger partial charge in [0.2, 0.25) is 0 Å². The lowest BCUT2D eigenvalue weighted by Gasteiger charge is -2.37. The topological polar surface area (TPSA) is 161 Å². The molecule has 0 aromatic heterocycles. The molecular formula is C71H108O14Si6. The van der Waals surface area contributed by atoms with Crippen molar-refractivity contribution in [2.45, 2.75) is 226 Å². The smallest absolute Gasteiger partial charge is 0.343 e. The van der Waals surface area contributed by atoms with Gasteiger partial charge in [-0.25, -0.2) is 19.2 Å². The molecule has 91 heavy (non-hydrogen) atoms. The van der Waals surface area contributed by atoms with Gasteiger partial charge in [-0.3, -0.25) is 0 Å². The van der Waals surface area contributed by atoms with Crippen molar-refractivity contribution < 1.29 is 64.1 Å². The van der Waals surface area contributed by atoms with Gasteiger partial charge in [-0.1, -0.05) is 109 Å². The zero-order chi connectivity index (χ0) is 66.7. The van der Waals surface area contributed by atoms with Gasteiger partial charge in [0.15, 0.2) is 33.3 Å². The van der Waals surface area contributed by atoms with E-state index in [1.807, 2.05) is 0 Å². The zero-order valence-corrected chi connectivity index (χ0v) is 63.7. The largest absolute Gasteiger partial charge is 0.494 e. The summed E-state index contributed by atoms with van der Waals surface area (Å²) >= 11 is 0. The predicted octanol–water partition coefficient (Wildman–Crippen LogP) is 20.2. The fourth-order valence-electron chi connectivity index (χ4n) is 11.3. The minimum atomic E-state index is -2.07. The quantitative estimate of drug-likeness (QED) is 0.0157. The summed E-state index contributed by atoms with van der Waals surface area (Å²) in [4.78, 5) is 52.6. The Labute approximate surface area is 552 Å². The SMILES string of the molecule is Cc1c(OC(=O)c2ccc(C(=O)Oc3ccc(OCCCCCCCCCCC[Si](C)(C)O[Si](C)(C)O[Si](C)(C)C)cc3)cc2)cccc1OC(=O)c1ccc(C(=O)Oc2ccc(OCCCCCCCCCCC[Si](C)(C)O[Si](C)(C)O[Si](C)(C)C)cc2)cc1. The Morgan fingerprint density at radius 1 is 0.297 bits per heavy atom. The second-order valence-electron chi connectivity index (χ2n) is 28.0. The van der Waals surface area contributed by atoms with E-state index in [4.69, 9.17) is 44.9 Å². The van der Waals surface area contributed by atoms with Crippen LogP contribution in [0.1, 0.15) is 163 Å². The normalized spacial score (nSPS) is 12.3. The van der Waals surface area contributed by atoms with Crippen molar-refractivity contribution in [2.75, 3.05) is 13.2 Å². The van der Waals surface area contributed by atoms with E-state index in [0.717, 1.165) is 25.7 Å². The molecule has 0 N–H and O–H groups in total. The van der Waals surface area contributed by atoms with Crippen molar-refractivity contribution in [3.8, 4) is 34.5 Å². The van der Waals surface area contributed by atoms with Crippen LogP contribution in [0.25, 0.3) is 0 Å². The molecule has 0 radical (unpaired) electrons. The summed E-state index contributed by atoms with van der Waals surface area (Å²) in [5.41, 5.74) is 1.31. The van der Waals surface area contributed by atoms with Gasteiger partial charge in [0.05, 0.1) is 35.5 Å². The van der Waals surface area contributed by atoms with Crippen LogP contribution in [0.4, 0.5) is 0 Å². The van der Waals surface area contributed by atoms with Crippen LogP contribution in [0.15, 0.2) is 115 Å². The van der Waals surface area contributed by atoms with E-state index in [-0.39, 0.29) is 33.8 Å². The summed E-state index contributed by atoms with van der Waals surface area (Å²) in [5.74, 6) is 0.0165. The molecule has 5 rings (SSSR count). The summed E-state index contributed by atoms with van der Waals surface area (Å²) in [5, 5.41) is 0. The maximum atomic E-state index is 13.3.